The second kappa shape index (κ2) is 11.0. The number of carbonyl (C=O) groups excluding carboxylic acids is 2. The van der Waals surface area contributed by atoms with E-state index in [-0.39, 0.29) is 22.9 Å². The number of halogens is 3. The van der Waals surface area contributed by atoms with E-state index in [9.17, 15) is 22.8 Å². The Morgan fingerprint density at radius 1 is 0.889 bits per heavy atom. The van der Waals surface area contributed by atoms with E-state index in [4.69, 9.17) is 0 Å². The zero-order valence-corrected chi connectivity index (χ0v) is 19.6. The predicted molar refractivity (Wildman–Crippen MR) is 133 cm³/mol. The summed E-state index contributed by atoms with van der Waals surface area (Å²) in [5.74, 6) is -0.969. The van der Waals surface area contributed by atoms with Crippen molar-refractivity contribution in [3.8, 4) is 0 Å². The third-order valence-corrected chi connectivity index (χ3v) is 5.88. The second-order valence-corrected chi connectivity index (χ2v) is 8.67. The number of carbonyl (C=O) groups is 2. The molecule has 0 aliphatic carbocycles. The molecule has 10 heteroatoms. The van der Waals surface area contributed by atoms with E-state index >= 15 is 0 Å². The molecular weight excluding hydrogens is 489 g/mol. The van der Waals surface area contributed by atoms with Gasteiger partial charge in [0.15, 0.2) is 5.13 Å². The summed E-state index contributed by atoms with van der Waals surface area (Å²) in [6, 6.07) is 21.9. The molecule has 0 fully saturated rings. The van der Waals surface area contributed by atoms with Gasteiger partial charge in [0.2, 0.25) is 5.91 Å². The number of aromatic nitrogens is 1. The van der Waals surface area contributed by atoms with E-state index in [1.165, 1.54) is 17.5 Å². The molecule has 184 valence electrons. The third-order valence-electron chi connectivity index (χ3n) is 5.12. The Bertz CT molecular complexity index is 1330. The van der Waals surface area contributed by atoms with E-state index < -0.39 is 29.6 Å². The molecule has 1 aromatic heterocycles. The number of amides is 2. The van der Waals surface area contributed by atoms with Crippen molar-refractivity contribution in [1.29, 1.82) is 0 Å². The van der Waals surface area contributed by atoms with Crippen molar-refractivity contribution in [3.63, 3.8) is 0 Å². The van der Waals surface area contributed by atoms with Crippen LogP contribution < -0.4 is 16.0 Å². The number of para-hydroxylation sites is 1. The summed E-state index contributed by atoms with van der Waals surface area (Å²) in [6.07, 6.45) is -4.22. The molecule has 36 heavy (non-hydrogen) atoms. The molecule has 0 radical (unpaired) electrons. The molecule has 0 saturated heterocycles. The van der Waals surface area contributed by atoms with Gasteiger partial charge in [0.1, 0.15) is 11.7 Å². The van der Waals surface area contributed by atoms with Gasteiger partial charge in [0.25, 0.3) is 5.91 Å². The Morgan fingerprint density at radius 3 is 2.25 bits per heavy atom. The Hall–Kier alpha value is -4.18. The zero-order chi connectivity index (χ0) is 25.5. The third kappa shape index (κ3) is 6.70. The fourth-order valence-corrected chi connectivity index (χ4v) is 4.09. The molecule has 1 heterocycles. The lowest BCUT2D eigenvalue weighted by molar-refractivity contribution is -0.137. The summed E-state index contributed by atoms with van der Waals surface area (Å²) in [7, 11) is 0. The molecule has 1 atom stereocenters. The lowest BCUT2D eigenvalue weighted by Crippen LogP contribution is -2.45. The summed E-state index contributed by atoms with van der Waals surface area (Å²) >= 11 is 1.06. The first-order valence-corrected chi connectivity index (χ1v) is 11.8. The van der Waals surface area contributed by atoms with E-state index in [0.29, 0.717) is 5.69 Å². The monoisotopic (exact) mass is 510 g/mol. The van der Waals surface area contributed by atoms with Gasteiger partial charge in [0, 0.05) is 23.2 Å². The first kappa shape index (κ1) is 24.9. The van der Waals surface area contributed by atoms with Gasteiger partial charge in [-0.05, 0) is 35.9 Å². The normalized spacial score (nSPS) is 12.0. The molecular formula is C26H21F3N4O2S. The highest BCUT2D eigenvalue weighted by Crippen LogP contribution is 2.31. The highest BCUT2D eigenvalue weighted by Gasteiger charge is 2.30. The number of hydrogen-bond donors (Lipinski definition) is 3. The van der Waals surface area contributed by atoms with Crippen LogP contribution in [0, 0.1) is 0 Å². The minimum absolute atomic E-state index is 0.0417. The average molecular weight is 511 g/mol. The highest BCUT2D eigenvalue weighted by molar-refractivity contribution is 7.14. The second-order valence-electron chi connectivity index (χ2n) is 7.81. The number of hydrogen-bond acceptors (Lipinski definition) is 5. The van der Waals surface area contributed by atoms with Crippen LogP contribution in [-0.4, -0.2) is 22.8 Å². The lowest BCUT2D eigenvalue weighted by atomic mass is 10.0. The van der Waals surface area contributed by atoms with Crippen molar-refractivity contribution >= 4 is 39.7 Å². The molecule has 0 aliphatic heterocycles. The van der Waals surface area contributed by atoms with E-state index in [0.717, 1.165) is 29.0 Å². The van der Waals surface area contributed by atoms with Gasteiger partial charge in [0.05, 0.1) is 5.56 Å². The molecule has 6 nitrogen and oxygen atoms in total. The van der Waals surface area contributed by atoms with Gasteiger partial charge in [-0.15, -0.1) is 11.3 Å². The first-order valence-electron chi connectivity index (χ1n) is 10.9. The van der Waals surface area contributed by atoms with Gasteiger partial charge in [-0.25, -0.2) is 4.98 Å². The maximum Gasteiger partial charge on any atom is 0.416 e. The van der Waals surface area contributed by atoms with Crippen molar-refractivity contribution in [2.24, 2.45) is 0 Å². The molecule has 3 N–H and O–H groups in total. The fraction of sp³-hybridized carbons (Fsp3) is 0.115. The van der Waals surface area contributed by atoms with Gasteiger partial charge >= 0.3 is 6.18 Å². The number of rotatable bonds is 8. The van der Waals surface area contributed by atoms with Crippen LogP contribution in [-0.2, 0) is 17.4 Å². The molecule has 2 amide bonds. The van der Waals surface area contributed by atoms with E-state index in [1.807, 2.05) is 36.4 Å². The van der Waals surface area contributed by atoms with Gasteiger partial charge in [-0.1, -0.05) is 54.6 Å². The highest BCUT2D eigenvalue weighted by atomic mass is 32.1. The Balaban J connectivity index is 1.47. The van der Waals surface area contributed by atoms with Crippen LogP contribution in [0.5, 0.6) is 0 Å². The summed E-state index contributed by atoms with van der Waals surface area (Å²) in [6.45, 7) is 0. The quantitative estimate of drug-likeness (QED) is 0.276. The van der Waals surface area contributed by atoms with Crippen molar-refractivity contribution < 1.29 is 22.8 Å². The molecule has 4 aromatic rings. The van der Waals surface area contributed by atoms with Crippen molar-refractivity contribution in [2.75, 3.05) is 10.6 Å². The Kier molecular flexibility index (Phi) is 7.65. The van der Waals surface area contributed by atoms with E-state index in [2.05, 4.69) is 20.9 Å². The summed E-state index contributed by atoms with van der Waals surface area (Å²) in [4.78, 5) is 30.1. The van der Waals surface area contributed by atoms with Crippen molar-refractivity contribution in [1.82, 2.24) is 10.3 Å². The van der Waals surface area contributed by atoms with Crippen LogP contribution in [0.1, 0.15) is 21.6 Å². The number of anilines is 3. The van der Waals surface area contributed by atoms with E-state index in [1.54, 1.807) is 24.3 Å². The number of alkyl halides is 3. The van der Waals surface area contributed by atoms with Crippen LogP contribution in [0.2, 0.25) is 0 Å². The van der Waals surface area contributed by atoms with Crippen molar-refractivity contribution in [2.45, 2.75) is 18.6 Å². The number of nitrogens with one attached hydrogen (secondary N) is 3. The molecule has 0 saturated carbocycles. The topological polar surface area (TPSA) is 83.1 Å². The molecule has 1 unspecified atom stereocenters. The standard InChI is InChI=1S/C26H21F3N4O2S/c27-26(28,29)18-10-7-13-20(15-18)31-25-33-22(16-36-25)24(35)32-21(14-17-8-3-1-4-9-17)23(34)30-19-11-5-2-6-12-19/h1-13,15-16,21H,14H2,(H,30,34)(H,31,33)(H,32,35). The van der Waals surface area contributed by atoms with Crippen LogP contribution in [0.4, 0.5) is 29.7 Å². The smallest absolute Gasteiger partial charge is 0.339 e. The summed E-state index contributed by atoms with van der Waals surface area (Å²) in [5.41, 5.74) is 0.887. The minimum Gasteiger partial charge on any atom is -0.339 e. The predicted octanol–water partition coefficient (Wildman–Crippen LogP) is 5.89. The van der Waals surface area contributed by atoms with Gasteiger partial charge < -0.3 is 16.0 Å². The van der Waals surface area contributed by atoms with Crippen LogP contribution >= 0.6 is 11.3 Å². The maximum atomic E-state index is 13.0. The van der Waals surface area contributed by atoms with Gasteiger partial charge in [-0.3, -0.25) is 9.59 Å². The Labute approximate surface area is 209 Å². The van der Waals surface area contributed by atoms with Gasteiger partial charge in [-0.2, -0.15) is 13.2 Å². The number of nitrogens with zero attached hydrogens (tertiary/aromatic N) is 1. The molecule has 3 aromatic carbocycles. The molecule has 0 spiro atoms. The van der Waals surface area contributed by atoms with Crippen LogP contribution in [0.25, 0.3) is 0 Å². The zero-order valence-electron chi connectivity index (χ0n) is 18.8. The minimum atomic E-state index is -4.47. The molecule has 0 bridgehead atoms. The number of thiazole rings is 1. The average Bonchev–Trinajstić information content (AvgIpc) is 3.33. The Morgan fingerprint density at radius 2 is 1.56 bits per heavy atom. The largest absolute Gasteiger partial charge is 0.416 e. The van der Waals surface area contributed by atoms with Crippen LogP contribution in [0.15, 0.2) is 90.3 Å². The molecule has 4 rings (SSSR count). The SMILES string of the molecule is O=C(NC(Cc1ccccc1)C(=O)Nc1ccccc1)c1csc(Nc2cccc(C(F)(F)F)c2)n1. The van der Waals surface area contributed by atoms with Crippen molar-refractivity contribution in [3.05, 3.63) is 107 Å². The fourth-order valence-electron chi connectivity index (χ4n) is 3.37. The summed E-state index contributed by atoms with van der Waals surface area (Å²) < 4.78 is 38.9. The van der Waals surface area contributed by atoms with Crippen LogP contribution in [0.3, 0.4) is 0 Å². The lowest BCUT2D eigenvalue weighted by Gasteiger charge is -2.18. The maximum absolute atomic E-state index is 13.0. The summed E-state index contributed by atoms with van der Waals surface area (Å²) in [5, 5.41) is 10.0. The molecule has 0 aliphatic rings. The number of benzene rings is 3. The first-order chi connectivity index (χ1) is 17.3.